The molecule has 1 unspecified atom stereocenters. The van der Waals surface area contributed by atoms with Gasteiger partial charge in [0.25, 0.3) is 0 Å². The normalized spacial score (nSPS) is 21.5. The molecule has 0 aromatic rings. The highest BCUT2D eigenvalue weighted by atomic mass is 15.2. The van der Waals surface area contributed by atoms with Crippen molar-refractivity contribution in [3.63, 3.8) is 0 Å². The van der Waals surface area contributed by atoms with Crippen LogP contribution in [0.15, 0.2) is 0 Å². The van der Waals surface area contributed by atoms with E-state index in [1.165, 1.54) is 64.7 Å². The van der Waals surface area contributed by atoms with Crippen molar-refractivity contribution < 1.29 is 0 Å². The second-order valence-electron chi connectivity index (χ2n) is 5.61. The Kier molecular flexibility index (Phi) is 7.82. The van der Waals surface area contributed by atoms with E-state index in [-0.39, 0.29) is 0 Å². The van der Waals surface area contributed by atoms with E-state index in [1.54, 1.807) is 0 Å². The molecule has 1 aliphatic heterocycles. The van der Waals surface area contributed by atoms with Crippen molar-refractivity contribution in [3.05, 3.63) is 0 Å². The van der Waals surface area contributed by atoms with Crippen LogP contribution in [0, 0.1) is 0 Å². The molecule has 17 heavy (non-hydrogen) atoms. The van der Waals surface area contributed by atoms with E-state index in [0.29, 0.717) is 0 Å². The maximum Gasteiger partial charge on any atom is 0.0223 e. The van der Waals surface area contributed by atoms with Crippen LogP contribution in [-0.2, 0) is 0 Å². The third kappa shape index (κ3) is 6.39. The van der Waals surface area contributed by atoms with Crippen LogP contribution >= 0.6 is 0 Å². The third-order valence-electron chi connectivity index (χ3n) is 3.70. The molecule has 0 amide bonds. The first-order chi connectivity index (χ1) is 8.24. The first-order valence-corrected chi connectivity index (χ1v) is 7.27. The van der Waals surface area contributed by atoms with Gasteiger partial charge in [0, 0.05) is 12.6 Å². The minimum Gasteiger partial charge on any atom is -0.320 e. The topological polar surface area (TPSA) is 18.5 Å². The summed E-state index contributed by atoms with van der Waals surface area (Å²) >= 11 is 0. The number of rotatable bonds is 9. The van der Waals surface area contributed by atoms with E-state index in [1.807, 2.05) is 7.05 Å². The summed E-state index contributed by atoms with van der Waals surface area (Å²) in [7, 11) is 6.42. The first-order valence-electron chi connectivity index (χ1n) is 7.27. The van der Waals surface area contributed by atoms with E-state index >= 15 is 0 Å². The van der Waals surface area contributed by atoms with Gasteiger partial charge in [-0.05, 0) is 66.5 Å². The molecule has 3 nitrogen and oxygen atoms in total. The predicted molar refractivity (Wildman–Crippen MR) is 75.5 cm³/mol. The van der Waals surface area contributed by atoms with Crippen molar-refractivity contribution in [2.75, 3.05) is 47.3 Å². The molecule has 1 heterocycles. The molecule has 1 aliphatic rings. The molecule has 1 saturated heterocycles. The molecule has 0 aromatic heterocycles. The monoisotopic (exact) mass is 241 g/mol. The average Bonchev–Trinajstić information content (AvgIpc) is 2.70. The number of likely N-dealkylation sites (tertiary alicyclic amines) is 1. The maximum absolute atomic E-state index is 3.21. The van der Waals surface area contributed by atoms with Crippen LogP contribution in [0.4, 0.5) is 0 Å². The molecule has 1 N–H and O–H groups in total. The molecule has 1 fully saturated rings. The van der Waals surface area contributed by atoms with Gasteiger partial charge in [0.05, 0.1) is 0 Å². The summed E-state index contributed by atoms with van der Waals surface area (Å²) in [5.41, 5.74) is 0. The number of hydrogen-bond donors (Lipinski definition) is 1. The standard InChI is InChI=1S/C14H31N3/c1-15-10-6-4-5-7-11-17-12-8-9-14(17)13-16(2)3/h14-15H,4-13H2,1-3H3. The highest BCUT2D eigenvalue weighted by Gasteiger charge is 2.23. The molecule has 0 bridgehead atoms. The second kappa shape index (κ2) is 8.90. The number of nitrogens with one attached hydrogen (secondary N) is 1. The van der Waals surface area contributed by atoms with Gasteiger partial charge in [0.1, 0.15) is 0 Å². The fourth-order valence-corrected chi connectivity index (χ4v) is 2.79. The van der Waals surface area contributed by atoms with Gasteiger partial charge >= 0.3 is 0 Å². The Morgan fingerprint density at radius 2 is 1.94 bits per heavy atom. The molecule has 3 heteroatoms. The lowest BCUT2D eigenvalue weighted by molar-refractivity contribution is 0.204. The highest BCUT2D eigenvalue weighted by Crippen LogP contribution is 2.18. The quantitative estimate of drug-likeness (QED) is 0.621. The number of nitrogens with zero attached hydrogens (tertiary/aromatic N) is 2. The Labute approximate surface area is 108 Å². The van der Waals surface area contributed by atoms with Gasteiger partial charge in [-0.2, -0.15) is 0 Å². The first kappa shape index (κ1) is 14.9. The highest BCUT2D eigenvalue weighted by molar-refractivity contribution is 4.80. The van der Waals surface area contributed by atoms with Gasteiger partial charge in [-0.3, -0.25) is 4.90 Å². The lowest BCUT2D eigenvalue weighted by Gasteiger charge is -2.26. The number of likely N-dealkylation sites (N-methyl/N-ethyl adjacent to an activating group) is 1. The van der Waals surface area contributed by atoms with Crippen LogP contribution in [0.3, 0.4) is 0 Å². The summed E-state index contributed by atoms with van der Waals surface area (Å²) in [4.78, 5) is 5.04. The van der Waals surface area contributed by atoms with Gasteiger partial charge in [0.2, 0.25) is 0 Å². The van der Waals surface area contributed by atoms with Crippen molar-refractivity contribution >= 4 is 0 Å². The third-order valence-corrected chi connectivity index (χ3v) is 3.70. The Morgan fingerprint density at radius 1 is 1.18 bits per heavy atom. The summed E-state index contributed by atoms with van der Waals surface area (Å²) in [5.74, 6) is 0. The Hall–Kier alpha value is -0.120. The largest absolute Gasteiger partial charge is 0.320 e. The minimum atomic E-state index is 0.822. The van der Waals surface area contributed by atoms with Gasteiger partial charge in [0.15, 0.2) is 0 Å². The van der Waals surface area contributed by atoms with Gasteiger partial charge in [-0.25, -0.2) is 0 Å². The molecule has 0 aromatic carbocycles. The molecule has 0 aliphatic carbocycles. The molecule has 0 saturated carbocycles. The zero-order valence-electron chi connectivity index (χ0n) is 12.0. The zero-order chi connectivity index (χ0) is 12.5. The smallest absolute Gasteiger partial charge is 0.0223 e. The summed E-state index contributed by atoms with van der Waals surface area (Å²) in [6.07, 6.45) is 8.29. The maximum atomic E-state index is 3.21. The van der Waals surface area contributed by atoms with Gasteiger partial charge < -0.3 is 10.2 Å². The molecular formula is C14H31N3. The Balaban J connectivity index is 2.05. The van der Waals surface area contributed by atoms with E-state index in [4.69, 9.17) is 0 Å². The fourth-order valence-electron chi connectivity index (χ4n) is 2.79. The van der Waals surface area contributed by atoms with Crippen molar-refractivity contribution in [1.82, 2.24) is 15.1 Å². The van der Waals surface area contributed by atoms with Crippen LogP contribution in [0.1, 0.15) is 38.5 Å². The van der Waals surface area contributed by atoms with Crippen LogP contribution in [-0.4, -0.2) is 63.2 Å². The molecule has 1 atom stereocenters. The summed E-state index contributed by atoms with van der Waals surface area (Å²) < 4.78 is 0. The molecule has 0 spiro atoms. The van der Waals surface area contributed by atoms with Crippen LogP contribution in [0.25, 0.3) is 0 Å². The fraction of sp³-hybridized carbons (Fsp3) is 1.00. The van der Waals surface area contributed by atoms with Crippen LogP contribution in [0.2, 0.25) is 0 Å². The summed E-state index contributed by atoms with van der Waals surface area (Å²) in [5, 5.41) is 3.21. The van der Waals surface area contributed by atoms with Crippen molar-refractivity contribution in [2.45, 2.75) is 44.6 Å². The Bertz CT molecular complexity index is 182. The lowest BCUT2D eigenvalue weighted by Crippen LogP contribution is -2.38. The zero-order valence-corrected chi connectivity index (χ0v) is 12.0. The van der Waals surface area contributed by atoms with E-state index < -0.39 is 0 Å². The second-order valence-corrected chi connectivity index (χ2v) is 5.61. The van der Waals surface area contributed by atoms with E-state index in [9.17, 15) is 0 Å². The average molecular weight is 241 g/mol. The summed E-state index contributed by atoms with van der Waals surface area (Å²) in [6.45, 7) is 5.06. The van der Waals surface area contributed by atoms with Gasteiger partial charge in [-0.15, -0.1) is 0 Å². The van der Waals surface area contributed by atoms with Crippen LogP contribution < -0.4 is 5.32 Å². The van der Waals surface area contributed by atoms with E-state index in [0.717, 1.165) is 6.04 Å². The lowest BCUT2D eigenvalue weighted by atomic mass is 10.1. The number of unbranched alkanes of at least 4 members (excludes halogenated alkanes) is 3. The Morgan fingerprint density at radius 3 is 2.65 bits per heavy atom. The molecule has 0 radical (unpaired) electrons. The molecular weight excluding hydrogens is 210 g/mol. The predicted octanol–water partition coefficient (Wildman–Crippen LogP) is 1.79. The van der Waals surface area contributed by atoms with E-state index in [2.05, 4.69) is 29.2 Å². The minimum absolute atomic E-state index is 0.822. The van der Waals surface area contributed by atoms with Crippen molar-refractivity contribution in [2.24, 2.45) is 0 Å². The van der Waals surface area contributed by atoms with Gasteiger partial charge in [-0.1, -0.05) is 12.8 Å². The van der Waals surface area contributed by atoms with Crippen molar-refractivity contribution in [3.8, 4) is 0 Å². The van der Waals surface area contributed by atoms with Crippen molar-refractivity contribution in [1.29, 1.82) is 0 Å². The summed E-state index contributed by atoms with van der Waals surface area (Å²) in [6, 6.07) is 0.822. The molecule has 102 valence electrons. The number of hydrogen-bond acceptors (Lipinski definition) is 3. The molecule has 1 rings (SSSR count). The van der Waals surface area contributed by atoms with Crippen LogP contribution in [0.5, 0.6) is 0 Å². The SMILES string of the molecule is CNCCCCCCN1CCCC1CN(C)C.